The summed E-state index contributed by atoms with van der Waals surface area (Å²) in [5.74, 6) is 0.0605. The molecule has 0 spiro atoms. The van der Waals surface area contributed by atoms with Crippen LogP contribution < -0.4 is 4.74 Å². The molecule has 166 valence electrons. The molecule has 0 bridgehead atoms. The molecular weight excluding hydrogens is 414 g/mol. The maximum absolute atomic E-state index is 12.8. The molecule has 0 unspecified atom stereocenters. The van der Waals surface area contributed by atoms with E-state index in [2.05, 4.69) is 30.3 Å². The summed E-state index contributed by atoms with van der Waals surface area (Å²) in [4.78, 5) is 26.9. The molecule has 4 aromatic rings. The van der Waals surface area contributed by atoms with E-state index < -0.39 is 5.97 Å². The van der Waals surface area contributed by atoms with Gasteiger partial charge in [-0.3, -0.25) is 9.59 Å². The molecule has 0 N–H and O–H groups in total. The van der Waals surface area contributed by atoms with Gasteiger partial charge >= 0.3 is 5.97 Å². The third-order valence-corrected chi connectivity index (χ3v) is 6.08. The number of amides is 1. The summed E-state index contributed by atoms with van der Waals surface area (Å²) < 4.78 is 11.2. The van der Waals surface area contributed by atoms with Crippen molar-refractivity contribution in [3.63, 3.8) is 0 Å². The molecule has 1 fully saturated rings. The highest BCUT2D eigenvalue weighted by Gasteiger charge is 2.20. The van der Waals surface area contributed by atoms with E-state index >= 15 is 0 Å². The normalized spacial score (nSPS) is 13.9. The third-order valence-electron chi connectivity index (χ3n) is 6.08. The monoisotopic (exact) mass is 439 g/mol. The van der Waals surface area contributed by atoms with E-state index in [0.717, 1.165) is 32.7 Å². The zero-order chi connectivity index (χ0) is 22.6. The van der Waals surface area contributed by atoms with Gasteiger partial charge in [-0.15, -0.1) is 0 Å². The van der Waals surface area contributed by atoms with Crippen molar-refractivity contribution in [1.29, 1.82) is 0 Å². The van der Waals surface area contributed by atoms with Crippen molar-refractivity contribution in [3.05, 3.63) is 78.9 Å². The van der Waals surface area contributed by atoms with Crippen molar-refractivity contribution in [3.8, 4) is 16.9 Å². The number of carbonyl (C=O) groups excluding carboxylic acids is 2. The Hall–Kier alpha value is -3.70. The molecule has 33 heavy (non-hydrogen) atoms. The summed E-state index contributed by atoms with van der Waals surface area (Å²) in [6.45, 7) is 2.23. The van der Waals surface area contributed by atoms with Gasteiger partial charge in [-0.2, -0.15) is 0 Å². The summed E-state index contributed by atoms with van der Waals surface area (Å²) in [6, 6.07) is 26.2. The highest BCUT2D eigenvalue weighted by atomic mass is 16.5. The van der Waals surface area contributed by atoms with Gasteiger partial charge in [0, 0.05) is 25.1 Å². The van der Waals surface area contributed by atoms with Crippen LogP contribution in [0.4, 0.5) is 0 Å². The SMILES string of the molecule is O=C(CCC(=O)N1CCOCC1)Oc1ccc2ccccc2c1-c1cccc2ccccc12. The second-order valence-electron chi connectivity index (χ2n) is 8.15. The summed E-state index contributed by atoms with van der Waals surface area (Å²) in [6.07, 6.45) is 0.175. The Bertz CT molecular complexity index is 1320. The number of benzene rings is 4. The second kappa shape index (κ2) is 9.43. The molecule has 5 nitrogen and oxygen atoms in total. The van der Waals surface area contributed by atoms with Crippen LogP contribution in [0, 0.1) is 0 Å². The van der Waals surface area contributed by atoms with Gasteiger partial charge in [0.15, 0.2) is 0 Å². The molecule has 4 aromatic carbocycles. The molecule has 0 saturated carbocycles. The fraction of sp³-hybridized carbons (Fsp3) is 0.214. The van der Waals surface area contributed by atoms with Crippen LogP contribution in [0.25, 0.3) is 32.7 Å². The van der Waals surface area contributed by atoms with Gasteiger partial charge in [0.05, 0.1) is 19.6 Å². The van der Waals surface area contributed by atoms with Crippen LogP contribution in [0.3, 0.4) is 0 Å². The lowest BCUT2D eigenvalue weighted by atomic mass is 9.93. The Labute approximate surface area is 192 Å². The number of nitrogens with zero attached hydrogens (tertiary/aromatic N) is 1. The number of esters is 1. The Kier molecular flexibility index (Phi) is 6.05. The molecule has 0 aliphatic carbocycles. The number of hydrogen-bond donors (Lipinski definition) is 0. The highest BCUT2D eigenvalue weighted by Crippen LogP contribution is 2.40. The average Bonchev–Trinajstić information content (AvgIpc) is 2.87. The zero-order valence-electron chi connectivity index (χ0n) is 18.3. The molecule has 1 heterocycles. The lowest BCUT2D eigenvalue weighted by molar-refractivity contribution is -0.140. The van der Waals surface area contributed by atoms with Crippen LogP contribution in [-0.4, -0.2) is 43.1 Å². The molecule has 1 saturated heterocycles. The number of fused-ring (bicyclic) bond motifs is 2. The van der Waals surface area contributed by atoms with Crippen LogP contribution in [0.5, 0.6) is 5.75 Å². The molecule has 0 radical (unpaired) electrons. The summed E-state index contributed by atoms with van der Waals surface area (Å²) in [5, 5.41) is 4.30. The summed E-state index contributed by atoms with van der Waals surface area (Å²) >= 11 is 0. The van der Waals surface area contributed by atoms with Gasteiger partial charge in [0.2, 0.25) is 5.91 Å². The van der Waals surface area contributed by atoms with Gasteiger partial charge in [0.1, 0.15) is 5.75 Å². The van der Waals surface area contributed by atoms with Crippen molar-refractivity contribution in [1.82, 2.24) is 4.90 Å². The van der Waals surface area contributed by atoms with Crippen molar-refractivity contribution >= 4 is 33.4 Å². The van der Waals surface area contributed by atoms with Gasteiger partial charge in [0.25, 0.3) is 0 Å². The predicted molar refractivity (Wildman–Crippen MR) is 129 cm³/mol. The Morgan fingerprint density at radius 2 is 1.42 bits per heavy atom. The molecular formula is C28H25NO4. The van der Waals surface area contributed by atoms with E-state index in [-0.39, 0.29) is 18.7 Å². The average molecular weight is 440 g/mol. The fourth-order valence-electron chi connectivity index (χ4n) is 4.41. The molecule has 5 heteroatoms. The first kappa shape index (κ1) is 21.2. The van der Waals surface area contributed by atoms with Crippen molar-refractivity contribution < 1.29 is 19.1 Å². The maximum Gasteiger partial charge on any atom is 0.311 e. The van der Waals surface area contributed by atoms with Crippen molar-refractivity contribution in [2.24, 2.45) is 0 Å². The molecule has 0 aromatic heterocycles. The lowest BCUT2D eigenvalue weighted by Crippen LogP contribution is -2.40. The van der Waals surface area contributed by atoms with Gasteiger partial charge in [-0.25, -0.2) is 0 Å². The zero-order valence-corrected chi connectivity index (χ0v) is 18.3. The van der Waals surface area contributed by atoms with E-state index in [1.54, 1.807) is 4.90 Å². The Morgan fingerprint density at radius 1 is 0.758 bits per heavy atom. The number of morpholine rings is 1. The molecule has 1 aliphatic heterocycles. The highest BCUT2D eigenvalue weighted by molar-refractivity contribution is 6.08. The third kappa shape index (κ3) is 4.45. The van der Waals surface area contributed by atoms with E-state index in [4.69, 9.17) is 9.47 Å². The van der Waals surface area contributed by atoms with Gasteiger partial charge < -0.3 is 14.4 Å². The van der Waals surface area contributed by atoms with Gasteiger partial charge in [-0.1, -0.05) is 72.8 Å². The quantitative estimate of drug-likeness (QED) is 0.317. The Morgan fingerprint density at radius 3 is 2.21 bits per heavy atom. The van der Waals surface area contributed by atoms with Crippen LogP contribution in [0.15, 0.2) is 78.9 Å². The number of rotatable bonds is 5. The maximum atomic E-state index is 12.8. The Balaban J connectivity index is 1.46. The van der Waals surface area contributed by atoms with Crippen LogP contribution in [0.2, 0.25) is 0 Å². The topological polar surface area (TPSA) is 55.8 Å². The first-order valence-electron chi connectivity index (χ1n) is 11.3. The number of ether oxygens (including phenoxy) is 2. The standard InChI is InChI=1S/C28H25NO4/c30-26(29-16-18-32-19-17-29)14-15-27(31)33-25-13-12-21-7-2-4-10-23(21)28(25)24-11-5-8-20-6-1-3-9-22(20)24/h1-13H,14-19H2. The smallest absolute Gasteiger partial charge is 0.311 e. The van der Waals surface area contributed by atoms with Crippen LogP contribution >= 0.6 is 0 Å². The number of carbonyl (C=O) groups is 2. The molecule has 1 aliphatic rings. The fourth-order valence-corrected chi connectivity index (χ4v) is 4.41. The minimum Gasteiger partial charge on any atom is -0.426 e. The first-order valence-corrected chi connectivity index (χ1v) is 11.3. The summed E-state index contributed by atoms with van der Waals surface area (Å²) in [7, 11) is 0. The van der Waals surface area contributed by atoms with Crippen molar-refractivity contribution in [2.75, 3.05) is 26.3 Å². The van der Waals surface area contributed by atoms with Crippen LogP contribution in [0.1, 0.15) is 12.8 Å². The minimum atomic E-state index is -0.409. The second-order valence-corrected chi connectivity index (χ2v) is 8.15. The van der Waals surface area contributed by atoms with Crippen LogP contribution in [-0.2, 0) is 14.3 Å². The van der Waals surface area contributed by atoms with E-state index in [1.165, 1.54) is 0 Å². The van der Waals surface area contributed by atoms with Gasteiger partial charge in [-0.05, 0) is 33.2 Å². The van der Waals surface area contributed by atoms with Crippen molar-refractivity contribution in [2.45, 2.75) is 12.8 Å². The first-order chi connectivity index (χ1) is 16.2. The molecule has 5 rings (SSSR count). The lowest BCUT2D eigenvalue weighted by Gasteiger charge is -2.26. The largest absolute Gasteiger partial charge is 0.426 e. The molecule has 1 amide bonds. The summed E-state index contributed by atoms with van der Waals surface area (Å²) in [5.41, 5.74) is 1.90. The minimum absolute atomic E-state index is 0.0389. The van der Waals surface area contributed by atoms with E-state index in [0.29, 0.717) is 32.1 Å². The van der Waals surface area contributed by atoms with E-state index in [1.807, 2.05) is 48.5 Å². The predicted octanol–water partition coefficient (Wildman–Crippen LogP) is 5.20. The molecule has 0 atom stereocenters. The number of hydrogen-bond acceptors (Lipinski definition) is 4. The van der Waals surface area contributed by atoms with E-state index in [9.17, 15) is 9.59 Å².